The van der Waals surface area contributed by atoms with E-state index in [4.69, 9.17) is 5.73 Å². The molecule has 1 heterocycles. The maximum atomic E-state index is 9.55. The van der Waals surface area contributed by atoms with Crippen LogP contribution in [0.25, 0.3) is 0 Å². The predicted octanol–water partition coefficient (Wildman–Crippen LogP) is 1.34. The molecule has 0 aliphatic carbocycles. The molecule has 0 bridgehead atoms. The minimum Gasteiger partial charge on any atom is -0.391 e. The van der Waals surface area contributed by atoms with Crippen LogP contribution in [-0.2, 0) is 6.61 Å². The lowest BCUT2D eigenvalue weighted by molar-refractivity contribution is 0.282. The highest BCUT2D eigenvalue weighted by molar-refractivity contribution is 5.61. The first-order chi connectivity index (χ1) is 10.0. The summed E-state index contributed by atoms with van der Waals surface area (Å²) in [5, 5.41) is 11.5. The molecule has 6 heteroatoms. The molecular formula is C15H27N5O. The highest BCUT2D eigenvalue weighted by Crippen LogP contribution is 2.25. The summed E-state index contributed by atoms with van der Waals surface area (Å²) in [6, 6.07) is 1.91. The first-order valence-electron chi connectivity index (χ1n) is 7.20. The normalized spacial score (nSPS) is 11.6. The van der Waals surface area contributed by atoms with Crippen molar-refractivity contribution >= 4 is 11.5 Å². The second-order valence-corrected chi connectivity index (χ2v) is 5.08. The fourth-order valence-electron chi connectivity index (χ4n) is 2.25. The van der Waals surface area contributed by atoms with E-state index in [9.17, 15) is 5.11 Å². The molecule has 0 saturated carbocycles. The van der Waals surface area contributed by atoms with Crippen molar-refractivity contribution in [1.82, 2.24) is 15.4 Å². The van der Waals surface area contributed by atoms with E-state index in [0.29, 0.717) is 11.4 Å². The molecule has 21 heavy (non-hydrogen) atoms. The fourth-order valence-corrected chi connectivity index (χ4v) is 2.25. The van der Waals surface area contributed by atoms with Crippen LogP contribution in [0.3, 0.4) is 0 Å². The molecule has 1 rings (SSSR count). The van der Waals surface area contributed by atoms with Crippen LogP contribution in [0, 0.1) is 0 Å². The molecule has 1 aromatic rings. The first kappa shape index (κ1) is 17.3. The zero-order chi connectivity index (χ0) is 15.8. The molecule has 0 aliphatic heterocycles. The average Bonchev–Trinajstić information content (AvgIpc) is 2.46. The summed E-state index contributed by atoms with van der Waals surface area (Å²) < 4.78 is 0. The topological polar surface area (TPSA) is 77.7 Å². The van der Waals surface area contributed by atoms with Gasteiger partial charge in [0.1, 0.15) is 5.82 Å². The van der Waals surface area contributed by atoms with Gasteiger partial charge in [-0.05, 0) is 25.0 Å². The van der Waals surface area contributed by atoms with E-state index in [0.717, 1.165) is 25.2 Å². The zero-order valence-corrected chi connectivity index (χ0v) is 13.4. The van der Waals surface area contributed by atoms with Gasteiger partial charge in [-0.2, -0.15) is 0 Å². The van der Waals surface area contributed by atoms with E-state index < -0.39 is 0 Å². The minimum atomic E-state index is -0.103. The number of hydrogen-bond acceptors (Lipinski definition) is 6. The van der Waals surface area contributed by atoms with Crippen LogP contribution in [0.1, 0.15) is 25.8 Å². The van der Waals surface area contributed by atoms with Crippen molar-refractivity contribution in [2.45, 2.75) is 26.9 Å². The van der Waals surface area contributed by atoms with Gasteiger partial charge in [-0.15, -0.1) is 0 Å². The molecule has 0 fully saturated rings. The summed E-state index contributed by atoms with van der Waals surface area (Å²) in [5.74, 6) is 0.394. The van der Waals surface area contributed by atoms with Crippen LogP contribution in [0.15, 0.2) is 24.0 Å². The predicted molar refractivity (Wildman–Crippen MR) is 87.7 cm³/mol. The third-order valence-electron chi connectivity index (χ3n) is 3.26. The van der Waals surface area contributed by atoms with Crippen LogP contribution < -0.4 is 16.1 Å². The second-order valence-electron chi connectivity index (χ2n) is 5.08. The quantitative estimate of drug-likeness (QED) is 0.628. The van der Waals surface area contributed by atoms with E-state index in [1.165, 1.54) is 5.57 Å². The van der Waals surface area contributed by atoms with Crippen molar-refractivity contribution in [2.75, 3.05) is 37.8 Å². The van der Waals surface area contributed by atoms with Crippen molar-refractivity contribution in [3.8, 4) is 0 Å². The van der Waals surface area contributed by atoms with Gasteiger partial charge in [0.2, 0.25) is 0 Å². The Morgan fingerprint density at radius 1 is 1.52 bits per heavy atom. The maximum absolute atomic E-state index is 9.55. The highest BCUT2D eigenvalue weighted by atomic mass is 16.3. The molecule has 0 spiro atoms. The number of nitrogen functional groups attached to an aromatic ring is 1. The summed E-state index contributed by atoms with van der Waals surface area (Å²) in [6.07, 6.45) is 4.75. The number of rotatable bonds is 8. The number of anilines is 2. The third kappa shape index (κ3) is 4.91. The van der Waals surface area contributed by atoms with Crippen molar-refractivity contribution in [3.63, 3.8) is 0 Å². The molecule has 0 aliphatic rings. The Labute approximate surface area is 127 Å². The molecule has 0 saturated heterocycles. The third-order valence-corrected chi connectivity index (χ3v) is 3.26. The van der Waals surface area contributed by atoms with Gasteiger partial charge >= 0.3 is 0 Å². The van der Waals surface area contributed by atoms with E-state index in [2.05, 4.69) is 29.2 Å². The zero-order valence-electron chi connectivity index (χ0n) is 13.4. The van der Waals surface area contributed by atoms with Crippen molar-refractivity contribution in [2.24, 2.45) is 0 Å². The standard InChI is InChI=1S/C15H27N5O/c1-5-8-20(10-12(2)9-19(4)17-3)14-6-7-18-15(16)13(14)11-21/h6-7,9,17,21H,5,8,10-11H2,1-4H3,(H2,16,18)/b12-9+. The highest BCUT2D eigenvalue weighted by Gasteiger charge is 2.13. The molecule has 6 nitrogen and oxygen atoms in total. The summed E-state index contributed by atoms with van der Waals surface area (Å²) in [7, 11) is 3.83. The number of aromatic nitrogens is 1. The van der Waals surface area contributed by atoms with Crippen molar-refractivity contribution in [1.29, 1.82) is 0 Å². The number of hydrogen-bond donors (Lipinski definition) is 3. The summed E-state index contributed by atoms with van der Waals surface area (Å²) >= 11 is 0. The van der Waals surface area contributed by atoms with Crippen LogP contribution in [0.5, 0.6) is 0 Å². The Bertz CT molecular complexity index is 475. The van der Waals surface area contributed by atoms with Gasteiger partial charge in [-0.1, -0.05) is 6.92 Å². The first-order valence-corrected chi connectivity index (χ1v) is 7.20. The molecule has 0 radical (unpaired) electrons. The summed E-state index contributed by atoms with van der Waals surface area (Å²) in [6.45, 7) is 5.78. The molecule has 118 valence electrons. The molecule has 0 unspecified atom stereocenters. The molecule has 0 amide bonds. The SMILES string of the molecule is CCCN(C/C(C)=C/N(C)NC)c1ccnc(N)c1CO. The van der Waals surface area contributed by atoms with E-state index >= 15 is 0 Å². The van der Waals surface area contributed by atoms with Crippen LogP contribution in [0.2, 0.25) is 0 Å². The Morgan fingerprint density at radius 3 is 2.81 bits per heavy atom. The maximum Gasteiger partial charge on any atom is 0.130 e. The van der Waals surface area contributed by atoms with Crippen LogP contribution in [-0.4, -0.2) is 42.3 Å². The smallest absolute Gasteiger partial charge is 0.130 e. The largest absolute Gasteiger partial charge is 0.391 e. The van der Waals surface area contributed by atoms with Crippen molar-refractivity contribution in [3.05, 3.63) is 29.6 Å². The van der Waals surface area contributed by atoms with Gasteiger partial charge < -0.3 is 20.7 Å². The lowest BCUT2D eigenvalue weighted by atomic mass is 10.1. The van der Waals surface area contributed by atoms with E-state index in [1.807, 2.05) is 31.4 Å². The molecular weight excluding hydrogens is 266 g/mol. The second kappa shape index (κ2) is 8.49. The summed E-state index contributed by atoms with van der Waals surface area (Å²) in [4.78, 5) is 6.27. The number of nitrogens with one attached hydrogen (secondary N) is 1. The summed E-state index contributed by atoms with van der Waals surface area (Å²) in [5.41, 5.74) is 11.8. The number of aliphatic hydroxyl groups is 1. The number of aliphatic hydroxyl groups excluding tert-OH is 1. The number of nitrogens with zero attached hydrogens (tertiary/aromatic N) is 3. The van der Waals surface area contributed by atoms with E-state index in [1.54, 1.807) is 6.20 Å². The minimum absolute atomic E-state index is 0.103. The van der Waals surface area contributed by atoms with E-state index in [-0.39, 0.29) is 6.61 Å². The molecule has 0 aromatic carbocycles. The van der Waals surface area contributed by atoms with Crippen LogP contribution >= 0.6 is 0 Å². The Hall–Kier alpha value is -1.79. The number of pyridine rings is 1. The average molecular weight is 293 g/mol. The molecule has 0 atom stereocenters. The van der Waals surface area contributed by atoms with Gasteiger partial charge in [0.15, 0.2) is 0 Å². The van der Waals surface area contributed by atoms with Crippen molar-refractivity contribution < 1.29 is 5.11 Å². The number of hydrazine groups is 1. The van der Waals surface area contributed by atoms with Gasteiger partial charge in [0.25, 0.3) is 0 Å². The molecule has 4 N–H and O–H groups in total. The lowest BCUT2D eigenvalue weighted by Gasteiger charge is -2.27. The molecule has 1 aromatic heterocycles. The lowest BCUT2D eigenvalue weighted by Crippen LogP contribution is -2.30. The fraction of sp³-hybridized carbons (Fsp3) is 0.533. The Kier molecular flexibility index (Phi) is 6.98. The number of nitrogens with two attached hydrogens (primary N) is 1. The van der Waals surface area contributed by atoms with Gasteiger partial charge in [0, 0.05) is 50.8 Å². The van der Waals surface area contributed by atoms with Gasteiger partial charge in [-0.3, -0.25) is 0 Å². The van der Waals surface area contributed by atoms with Gasteiger partial charge in [0.05, 0.1) is 6.61 Å². The monoisotopic (exact) mass is 293 g/mol. The Balaban J connectivity index is 3.02. The van der Waals surface area contributed by atoms with Gasteiger partial charge in [-0.25, -0.2) is 10.4 Å². The van der Waals surface area contributed by atoms with Crippen LogP contribution in [0.4, 0.5) is 11.5 Å². The Morgan fingerprint density at radius 2 is 2.24 bits per heavy atom.